The zero-order chi connectivity index (χ0) is 11.7. The van der Waals surface area contributed by atoms with Gasteiger partial charge >= 0.3 is 12.0 Å². The predicted octanol–water partition coefficient (Wildman–Crippen LogP) is 1.04. The van der Waals surface area contributed by atoms with Gasteiger partial charge < -0.3 is 15.4 Å². The van der Waals surface area contributed by atoms with E-state index in [-0.39, 0.29) is 24.5 Å². The molecule has 0 aliphatic heterocycles. The van der Waals surface area contributed by atoms with Crippen molar-refractivity contribution in [3.05, 3.63) is 0 Å². The van der Waals surface area contributed by atoms with E-state index in [1.807, 2.05) is 13.8 Å². The van der Waals surface area contributed by atoms with Crippen molar-refractivity contribution in [2.75, 3.05) is 13.7 Å². The summed E-state index contributed by atoms with van der Waals surface area (Å²) in [4.78, 5) is 22.0. The van der Waals surface area contributed by atoms with Crippen molar-refractivity contribution in [2.24, 2.45) is 0 Å². The number of ether oxygens (including phenoxy) is 1. The summed E-state index contributed by atoms with van der Waals surface area (Å²) in [6, 6.07) is -0.0317. The topological polar surface area (TPSA) is 67.4 Å². The Bertz CT molecular complexity index is 203. The molecule has 0 saturated heterocycles. The predicted molar refractivity (Wildman–Crippen MR) is 57.5 cm³/mol. The molecule has 0 unspecified atom stereocenters. The van der Waals surface area contributed by atoms with Crippen molar-refractivity contribution >= 4 is 12.0 Å². The number of urea groups is 1. The highest BCUT2D eigenvalue weighted by atomic mass is 16.5. The second kappa shape index (κ2) is 8.08. The third kappa shape index (κ3) is 6.76. The van der Waals surface area contributed by atoms with Crippen LogP contribution in [0.3, 0.4) is 0 Å². The monoisotopic (exact) mass is 216 g/mol. The maximum Gasteiger partial charge on any atom is 0.315 e. The molecule has 0 radical (unpaired) electrons. The van der Waals surface area contributed by atoms with E-state index < -0.39 is 0 Å². The van der Waals surface area contributed by atoms with Gasteiger partial charge in [-0.2, -0.15) is 0 Å². The Morgan fingerprint density at radius 2 is 1.87 bits per heavy atom. The number of hydrogen-bond acceptors (Lipinski definition) is 3. The molecule has 5 nitrogen and oxygen atoms in total. The summed E-state index contributed by atoms with van der Waals surface area (Å²) < 4.78 is 4.44. The van der Waals surface area contributed by atoms with Crippen LogP contribution in [0.5, 0.6) is 0 Å². The molecule has 0 rings (SSSR count). The van der Waals surface area contributed by atoms with Gasteiger partial charge in [-0.15, -0.1) is 0 Å². The molecule has 5 heteroatoms. The zero-order valence-corrected chi connectivity index (χ0v) is 9.63. The van der Waals surface area contributed by atoms with E-state index >= 15 is 0 Å². The average Bonchev–Trinajstić information content (AvgIpc) is 2.25. The fourth-order valence-corrected chi connectivity index (χ4v) is 1.11. The fraction of sp³-hybridized carbons (Fsp3) is 0.800. The van der Waals surface area contributed by atoms with Gasteiger partial charge in [-0.05, 0) is 12.8 Å². The highest BCUT2D eigenvalue weighted by Crippen LogP contribution is 1.95. The van der Waals surface area contributed by atoms with Crippen LogP contribution in [0.4, 0.5) is 4.79 Å². The van der Waals surface area contributed by atoms with Crippen LogP contribution in [-0.4, -0.2) is 31.7 Å². The van der Waals surface area contributed by atoms with E-state index in [0.29, 0.717) is 6.54 Å². The van der Waals surface area contributed by atoms with Gasteiger partial charge in [0.25, 0.3) is 0 Å². The lowest BCUT2D eigenvalue weighted by Gasteiger charge is -2.14. The number of rotatable bonds is 6. The van der Waals surface area contributed by atoms with Crippen molar-refractivity contribution < 1.29 is 14.3 Å². The number of methoxy groups -OCH3 is 1. The molecule has 0 aromatic rings. The van der Waals surface area contributed by atoms with Crippen molar-refractivity contribution in [3.8, 4) is 0 Å². The molecule has 88 valence electrons. The van der Waals surface area contributed by atoms with E-state index in [9.17, 15) is 9.59 Å². The maximum atomic E-state index is 11.3. The summed E-state index contributed by atoms with van der Waals surface area (Å²) in [5.74, 6) is -0.321. The molecule has 0 spiro atoms. The Morgan fingerprint density at radius 1 is 1.27 bits per heavy atom. The van der Waals surface area contributed by atoms with Gasteiger partial charge in [-0.25, -0.2) is 4.79 Å². The summed E-state index contributed by atoms with van der Waals surface area (Å²) in [6.45, 7) is 4.34. The largest absolute Gasteiger partial charge is 0.469 e. The van der Waals surface area contributed by atoms with Gasteiger partial charge in [0.1, 0.15) is 0 Å². The minimum atomic E-state index is -0.321. The Hall–Kier alpha value is -1.26. The fourth-order valence-electron chi connectivity index (χ4n) is 1.11. The van der Waals surface area contributed by atoms with Crippen LogP contribution in [0.1, 0.15) is 33.1 Å². The van der Waals surface area contributed by atoms with E-state index in [0.717, 1.165) is 12.8 Å². The highest BCUT2D eigenvalue weighted by molar-refractivity contribution is 5.75. The Balaban J connectivity index is 3.61. The number of nitrogens with one attached hydrogen (secondary N) is 2. The van der Waals surface area contributed by atoms with Crippen LogP contribution >= 0.6 is 0 Å². The lowest BCUT2D eigenvalue weighted by Crippen LogP contribution is -2.42. The quantitative estimate of drug-likeness (QED) is 0.652. The summed E-state index contributed by atoms with van der Waals surface area (Å²) in [5, 5.41) is 5.40. The summed E-state index contributed by atoms with van der Waals surface area (Å²) in [6.07, 6.45) is 2.01. The van der Waals surface area contributed by atoms with Crippen molar-refractivity contribution in [3.63, 3.8) is 0 Å². The van der Waals surface area contributed by atoms with Gasteiger partial charge in [0.05, 0.1) is 13.5 Å². The molecular weight excluding hydrogens is 196 g/mol. The van der Waals surface area contributed by atoms with Crippen molar-refractivity contribution in [2.45, 2.75) is 39.2 Å². The first-order chi connectivity index (χ1) is 7.13. The highest BCUT2D eigenvalue weighted by Gasteiger charge is 2.07. The van der Waals surface area contributed by atoms with E-state index in [2.05, 4.69) is 15.4 Å². The third-order valence-electron chi connectivity index (χ3n) is 2.16. The molecular formula is C10H20N2O3. The summed E-state index contributed by atoms with van der Waals surface area (Å²) in [5.41, 5.74) is 0. The lowest BCUT2D eigenvalue weighted by atomic mass is 10.2. The van der Waals surface area contributed by atoms with Crippen LogP contribution in [-0.2, 0) is 9.53 Å². The number of carbonyl (C=O) groups is 2. The number of hydrogen-bond donors (Lipinski definition) is 2. The van der Waals surface area contributed by atoms with Crippen molar-refractivity contribution in [1.29, 1.82) is 0 Å². The number of esters is 1. The summed E-state index contributed by atoms with van der Waals surface area (Å²) in [7, 11) is 1.33. The normalized spacial score (nSPS) is 9.87. The second-order valence-electron chi connectivity index (χ2n) is 3.24. The first kappa shape index (κ1) is 13.7. The van der Waals surface area contributed by atoms with E-state index in [1.54, 1.807) is 0 Å². The third-order valence-corrected chi connectivity index (χ3v) is 2.16. The molecule has 0 saturated carbocycles. The lowest BCUT2D eigenvalue weighted by molar-refractivity contribution is -0.140. The Morgan fingerprint density at radius 3 is 2.33 bits per heavy atom. The smallest absolute Gasteiger partial charge is 0.315 e. The maximum absolute atomic E-state index is 11.3. The van der Waals surface area contributed by atoms with Crippen LogP contribution in [0.2, 0.25) is 0 Å². The molecule has 0 bridgehead atoms. The molecule has 2 N–H and O–H groups in total. The minimum Gasteiger partial charge on any atom is -0.469 e. The van der Waals surface area contributed by atoms with Crippen LogP contribution in [0.15, 0.2) is 0 Å². The molecule has 0 fully saturated rings. The molecule has 15 heavy (non-hydrogen) atoms. The molecule has 0 aromatic carbocycles. The van der Waals surface area contributed by atoms with E-state index in [1.165, 1.54) is 7.11 Å². The first-order valence-corrected chi connectivity index (χ1v) is 5.25. The van der Waals surface area contributed by atoms with Gasteiger partial charge in [0.2, 0.25) is 0 Å². The Kier molecular flexibility index (Phi) is 7.40. The average molecular weight is 216 g/mol. The summed E-state index contributed by atoms with van der Waals surface area (Å²) >= 11 is 0. The second-order valence-corrected chi connectivity index (χ2v) is 3.24. The van der Waals surface area contributed by atoms with Crippen LogP contribution in [0, 0.1) is 0 Å². The molecule has 2 amide bonds. The number of carbonyl (C=O) groups excluding carboxylic acids is 2. The van der Waals surface area contributed by atoms with Crippen LogP contribution in [0.25, 0.3) is 0 Å². The molecule has 0 heterocycles. The first-order valence-electron chi connectivity index (χ1n) is 5.25. The number of amides is 2. The van der Waals surface area contributed by atoms with Crippen molar-refractivity contribution in [1.82, 2.24) is 10.6 Å². The molecule has 0 atom stereocenters. The molecule has 0 aliphatic rings. The van der Waals surface area contributed by atoms with E-state index in [4.69, 9.17) is 0 Å². The van der Waals surface area contributed by atoms with Gasteiger partial charge in [-0.1, -0.05) is 13.8 Å². The van der Waals surface area contributed by atoms with Gasteiger partial charge in [-0.3, -0.25) is 4.79 Å². The van der Waals surface area contributed by atoms with Crippen LogP contribution < -0.4 is 10.6 Å². The standard InChI is InChI=1S/C10H20N2O3/c1-4-8(5-2)12-10(14)11-7-6-9(13)15-3/h8H,4-7H2,1-3H3,(H2,11,12,14). The Labute approximate surface area is 90.6 Å². The zero-order valence-electron chi connectivity index (χ0n) is 9.63. The SMILES string of the molecule is CCC(CC)NC(=O)NCCC(=O)OC. The van der Waals surface area contributed by atoms with Gasteiger partial charge in [0, 0.05) is 12.6 Å². The molecule has 0 aromatic heterocycles. The molecule has 0 aliphatic carbocycles. The minimum absolute atomic E-state index is 0.197. The van der Waals surface area contributed by atoms with Gasteiger partial charge in [0.15, 0.2) is 0 Å².